The lowest BCUT2D eigenvalue weighted by molar-refractivity contribution is -0.143. The Kier molecular flexibility index (Phi) is 4.92. The van der Waals surface area contributed by atoms with Gasteiger partial charge in [0.1, 0.15) is 24.7 Å². The van der Waals surface area contributed by atoms with Crippen molar-refractivity contribution < 1.29 is 18.8 Å². The van der Waals surface area contributed by atoms with Gasteiger partial charge >= 0.3 is 5.97 Å². The van der Waals surface area contributed by atoms with Gasteiger partial charge in [0.2, 0.25) is 0 Å². The van der Waals surface area contributed by atoms with Gasteiger partial charge in [0.05, 0.1) is 6.42 Å². The van der Waals surface area contributed by atoms with Crippen molar-refractivity contribution >= 4 is 32.9 Å². The molecule has 0 saturated carbocycles. The number of esters is 1. The van der Waals surface area contributed by atoms with E-state index in [2.05, 4.69) is 21.1 Å². The summed E-state index contributed by atoms with van der Waals surface area (Å²) >= 11 is 3.35. The zero-order valence-electron chi connectivity index (χ0n) is 12.2. The van der Waals surface area contributed by atoms with Crippen LogP contribution >= 0.6 is 15.9 Å². The fourth-order valence-electron chi connectivity index (χ4n) is 2.10. The molecule has 0 spiro atoms. The first-order chi connectivity index (χ1) is 11.2. The van der Waals surface area contributed by atoms with E-state index in [0.717, 1.165) is 15.6 Å². The molecule has 0 bridgehead atoms. The molecule has 0 fully saturated rings. The molecule has 0 saturated heterocycles. The smallest absolute Gasteiger partial charge is 0.312 e. The Labute approximate surface area is 141 Å². The second kappa shape index (κ2) is 7.28. The van der Waals surface area contributed by atoms with Crippen LogP contribution in [0, 0.1) is 0 Å². The van der Waals surface area contributed by atoms with Crippen LogP contribution in [0.4, 0.5) is 0 Å². The van der Waals surface area contributed by atoms with Crippen LogP contribution < -0.4 is 4.74 Å². The van der Waals surface area contributed by atoms with E-state index >= 15 is 0 Å². The molecule has 0 radical (unpaired) electrons. The summed E-state index contributed by atoms with van der Waals surface area (Å²) in [5.74, 6) is 0.371. The molecule has 5 nitrogen and oxygen atoms in total. The summed E-state index contributed by atoms with van der Waals surface area (Å²) in [6.45, 7) is 0.484. The average molecular weight is 376 g/mol. The minimum atomic E-state index is -0.358. The van der Waals surface area contributed by atoms with Gasteiger partial charge in [0, 0.05) is 9.86 Å². The number of hydrogen-bond acceptors (Lipinski definition) is 5. The van der Waals surface area contributed by atoms with E-state index in [-0.39, 0.29) is 19.0 Å². The molecular formula is C17H14BrNO4. The summed E-state index contributed by atoms with van der Waals surface area (Å²) in [6, 6.07) is 14.9. The Morgan fingerprint density at radius 2 is 1.87 bits per heavy atom. The number of fused-ring (bicyclic) bond motifs is 1. The van der Waals surface area contributed by atoms with Crippen LogP contribution in [-0.4, -0.2) is 24.3 Å². The number of halogens is 1. The third-order valence-electron chi connectivity index (χ3n) is 3.19. The predicted octanol–water partition coefficient (Wildman–Crippen LogP) is 3.76. The van der Waals surface area contributed by atoms with E-state index in [1.54, 1.807) is 0 Å². The maximum atomic E-state index is 11.8. The number of nitrogens with zero attached hydrogens (tertiary/aromatic N) is 1. The SMILES string of the molecule is O=C(Cc1noc2ccccc12)OCCOc1ccc(Br)cc1. The maximum Gasteiger partial charge on any atom is 0.312 e. The third-order valence-corrected chi connectivity index (χ3v) is 3.72. The van der Waals surface area contributed by atoms with E-state index in [4.69, 9.17) is 14.0 Å². The number of carbonyl (C=O) groups is 1. The van der Waals surface area contributed by atoms with E-state index in [1.807, 2.05) is 48.5 Å². The summed E-state index contributed by atoms with van der Waals surface area (Å²) in [5.41, 5.74) is 1.24. The number of aromatic nitrogens is 1. The molecule has 0 N–H and O–H groups in total. The summed E-state index contributed by atoms with van der Waals surface area (Å²) < 4.78 is 16.8. The molecule has 3 rings (SSSR count). The second-order valence-corrected chi connectivity index (χ2v) is 5.74. The second-order valence-electron chi connectivity index (χ2n) is 4.83. The first-order valence-corrected chi connectivity index (χ1v) is 7.89. The van der Waals surface area contributed by atoms with Crippen molar-refractivity contribution in [3.05, 3.63) is 58.7 Å². The van der Waals surface area contributed by atoms with Crippen molar-refractivity contribution in [1.29, 1.82) is 0 Å². The zero-order chi connectivity index (χ0) is 16.1. The largest absolute Gasteiger partial charge is 0.490 e. The van der Waals surface area contributed by atoms with Crippen LogP contribution in [0.3, 0.4) is 0 Å². The lowest BCUT2D eigenvalue weighted by Crippen LogP contribution is -2.14. The summed E-state index contributed by atoms with van der Waals surface area (Å²) in [7, 11) is 0. The van der Waals surface area contributed by atoms with Crippen LogP contribution in [0.15, 0.2) is 57.5 Å². The molecule has 1 aromatic heterocycles. The molecule has 1 heterocycles. The van der Waals surface area contributed by atoms with Crippen LogP contribution in [-0.2, 0) is 16.0 Å². The number of rotatable bonds is 6. The lowest BCUT2D eigenvalue weighted by Gasteiger charge is -2.07. The van der Waals surface area contributed by atoms with Crippen molar-refractivity contribution in [2.75, 3.05) is 13.2 Å². The Balaban J connectivity index is 1.45. The van der Waals surface area contributed by atoms with Crippen molar-refractivity contribution in [3.63, 3.8) is 0 Å². The first kappa shape index (κ1) is 15.6. The molecule has 6 heteroatoms. The van der Waals surface area contributed by atoms with E-state index in [0.29, 0.717) is 17.9 Å². The predicted molar refractivity (Wildman–Crippen MR) is 88.3 cm³/mol. The number of para-hydroxylation sites is 1. The van der Waals surface area contributed by atoms with Crippen molar-refractivity contribution in [2.24, 2.45) is 0 Å². The highest BCUT2D eigenvalue weighted by molar-refractivity contribution is 9.10. The maximum absolute atomic E-state index is 11.8. The van der Waals surface area contributed by atoms with E-state index in [1.165, 1.54) is 0 Å². The van der Waals surface area contributed by atoms with E-state index < -0.39 is 0 Å². The number of ether oxygens (including phenoxy) is 2. The number of benzene rings is 2. The van der Waals surface area contributed by atoms with Gasteiger partial charge in [0.15, 0.2) is 5.58 Å². The fourth-order valence-corrected chi connectivity index (χ4v) is 2.36. The number of hydrogen-bond donors (Lipinski definition) is 0. The molecule has 0 aliphatic carbocycles. The van der Waals surface area contributed by atoms with Gasteiger partial charge < -0.3 is 14.0 Å². The Morgan fingerprint density at radius 1 is 1.09 bits per heavy atom. The summed E-state index contributed by atoms with van der Waals surface area (Å²) in [5, 5.41) is 4.74. The normalized spacial score (nSPS) is 10.7. The molecule has 0 aliphatic rings. The van der Waals surface area contributed by atoms with Crippen molar-refractivity contribution in [2.45, 2.75) is 6.42 Å². The topological polar surface area (TPSA) is 61.6 Å². The fraction of sp³-hybridized carbons (Fsp3) is 0.176. The van der Waals surface area contributed by atoms with Crippen LogP contribution in [0.1, 0.15) is 5.69 Å². The molecule has 0 atom stereocenters. The first-order valence-electron chi connectivity index (χ1n) is 7.09. The molecule has 0 unspecified atom stereocenters. The molecule has 3 aromatic rings. The molecule has 0 amide bonds. The minimum absolute atomic E-state index is 0.0787. The zero-order valence-corrected chi connectivity index (χ0v) is 13.8. The highest BCUT2D eigenvalue weighted by Crippen LogP contribution is 2.18. The molecular weight excluding hydrogens is 362 g/mol. The van der Waals surface area contributed by atoms with Gasteiger partial charge in [-0.25, -0.2) is 0 Å². The minimum Gasteiger partial charge on any atom is -0.490 e. The van der Waals surface area contributed by atoms with Crippen molar-refractivity contribution in [3.8, 4) is 5.75 Å². The van der Waals surface area contributed by atoms with Crippen molar-refractivity contribution in [1.82, 2.24) is 5.16 Å². The molecule has 118 valence electrons. The van der Waals surface area contributed by atoms with Gasteiger partial charge in [-0.05, 0) is 36.4 Å². The van der Waals surface area contributed by atoms with Gasteiger partial charge in [-0.3, -0.25) is 4.79 Å². The van der Waals surface area contributed by atoms with Crippen LogP contribution in [0.5, 0.6) is 5.75 Å². The highest BCUT2D eigenvalue weighted by atomic mass is 79.9. The Hall–Kier alpha value is -2.34. The standard InChI is InChI=1S/C17H14BrNO4/c18-12-5-7-13(8-6-12)21-9-10-22-17(20)11-15-14-3-1-2-4-16(14)23-19-15/h1-8H,9-11H2. The quantitative estimate of drug-likeness (QED) is 0.484. The highest BCUT2D eigenvalue weighted by Gasteiger charge is 2.12. The van der Waals surface area contributed by atoms with Crippen LogP contribution in [0.2, 0.25) is 0 Å². The van der Waals surface area contributed by atoms with Gasteiger partial charge in [-0.2, -0.15) is 0 Å². The molecule has 23 heavy (non-hydrogen) atoms. The van der Waals surface area contributed by atoms with E-state index in [9.17, 15) is 4.79 Å². The molecule has 2 aromatic carbocycles. The summed E-state index contributed by atoms with van der Waals surface area (Å²) in [4.78, 5) is 11.8. The summed E-state index contributed by atoms with van der Waals surface area (Å²) in [6.07, 6.45) is 0.0787. The third kappa shape index (κ3) is 4.10. The monoisotopic (exact) mass is 375 g/mol. The Morgan fingerprint density at radius 3 is 2.70 bits per heavy atom. The van der Waals surface area contributed by atoms with Crippen LogP contribution in [0.25, 0.3) is 11.0 Å². The average Bonchev–Trinajstić information content (AvgIpc) is 2.96. The molecule has 0 aliphatic heterocycles. The van der Waals surface area contributed by atoms with Gasteiger partial charge in [0.25, 0.3) is 0 Å². The van der Waals surface area contributed by atoms with Gasteiger partial charge in [-0.1, -0.05) is 33.2 Å². The lowest BCUT2D eigenvalue weighted by atomic mass is 10.2. The Bertz CT molecular complexity index is 798. The number of carbonyl (C=O) groups excluding carboxylic acids is 1. The van der Waals surface area contributed by atoms with Gasteiger partial charge in [-0.15, -0.1) is 0 Å².